The molecule has 4 nitrogen and oxygen atoms in total. The summed E-state index contributed by atoms with van der Waals surface area (Å²) in [5.74, 6) is -0.568. The summed E-state index contributed by atoms with van der Waals surface area (Å²) in [6.45, 7) is 0. The standard InChI is InChI=1S/C10H7Cl4NO3S/c11-5-3-6(19(14,17)18)9(13)7(8(5)12)10(16)15-4-1-2-4/h3-4H,1-2H2,(H,15,16). The minimum Gasteiger partial charge on any atom is -0.349 e. The maximum absolute atomic E-state index is 12.0. The zero-order chi connectivity index (χ0) is 14.4. The summed E-state index contributed by atoms with van der Waals surface area (Å²) in [4.78, 5) is 11.6. The molecule has 104 valence electrons. The van der Waals surface area contributed by atoms with Crippen LogP contribution in [-0.4, -0.2) is 20.4 Å². The van der Waals surface area contributed by atoms with E-state index in [1.54, 1.807) is 0 Å². The van der Waals surface area contributed by atoms with Crippen LogP contribution in [0.3, 0.4) is 0 Å². The molecule has 1 aromatic rings. The van der Waals surface area contributed by atoms with E-state index in [2.05, 4.69) is 5.32 Å². The fourth-order valence-electron chi connectivity index (χ4n) is 1.44. The summed E-state index contributed by atoms with van der Waals surface area (Å²) in [7, 11) is 1.11. The van der Waals surface area contributed by atoms with E-state index in [1.807, 2.05) is 0 Å². The van der Waals surface area contributed by atoms with Gasteiger partial charge in [0.1, 0.15) is 4.90 Å². The number of amides is 1. The highest BCUT2D eigenvalue weighted by Gasteiger charge is 2.29. The van der Waals surface area contributed by atoms with Crippen LogP contribution < -0.4 is 5.32 Å². The zero-order valence-electron chi connectivity index (χ0n) is 9.21. The number of hydrogen-bond donors (Lipinski definition) is 1. The van der Waals surface area contributed by atoms with Crippen molar-refractivity contribution in [1.82, 2.24) is 5.32 Å². The summed E-state index contributed by atoms with van der Waals surface area (Å²) >= 11 is 17.6. The van der Waals surface area contributed by atoms with Gasteiger partial charge in [-0.05, 0) is 18.9 Å². The molecule has 0 aromatic heterocycles. The van der Waals surface area contributed by atoms with Crippen LogP contribution in [-0.2, 0) is 9.05 Å². The van der Waals surface area contributed by atoms with Gasteiger partial charge in [-0.2, -0.15) is 0 Å². The second-order valence-electron chi connectivity index (χ2n) is 4.05. The third-order valence-electron chi connectivity index (χ3n) is 2.53. The Morgan fingerprint density at radius 2 is 1.79 bits per heavy atom. The van der Waals surface area contributed by atoms with Gasteiger partial charge in [0.15, 0.2) is 0 Å². The molecule has 1 aliphatic rings. The van der Waals surface area contributed by atoms with Crippen molar-refractivity contribution < 1.29 is 13.2 Å². The quantitative estimate of drug-likeness (QED) is 0.661. The number of carbonyl (C=O) groups is 1. The minimum atomic E-state index is -4.12. The first-order chi connectivity index (χ1) is 8.71. The topological polar surface area (TPSA) is 63.2 Å². The smallest absolute Gasteiger partial charge is 0.262 e. The fraction of sp³-hybridized carbons (Fsp3) is 0.300. The third-order valence-corrected chi connectivity index (χ3v) is 5.16. The second kappa shape index (κ2) is 5.30. The van der Waals surface area contributed by atoms with Crippen LogP contribution >= 0.6 is 45.5 Å². The van der Waals surface area contributed by atoms with E-state index < -0.39 is 19.9 Å². The Kier molecular flexibility index (Phi) is 4.23. The monoisotopic (exact) mass is 361 g/mol. The van der Waals surface area contributed by atoms with Crippen LogP contribution in [0.2, 0.25) is 15.1 Å². The van der Waals surface area contributed by atoms with Gasteiger partial charge >= 0.3 is 0 Å². The average Bonchev–Trinajstić information content (AvgIpc) is 3.05. The van der Waals surface area contributed by atoms with Gasteiger partial charge in [-0.25, -0.2) is 8.42 Å². The lowest BCUT2D eigenvalue weighted by atomic mass is 10.2. The highest BCUT2D eigenvalue weighted by atomic mass is 35.7. The predicted molar refractivity (Wildman–Crippen MR) is 75.0 cm³/mol. The van der Waals surface area contributed by atoms with Crippen molar-refractivity contribution in [2.24, 2.45) is 0 Å². The molecular formula is C10H7Cl4NO3S. The maximum Gasteiger partial charge on any atom is 0.262 e. The first-order valence-corrected chi connectivity index (χ1v) is 8.59. The molecule has 1 N–H and O–H groups in total. The Morgan fingerprint density at radius 3 is 2.26 bits per heavy atom. The van der Waals surface area contributed by atoms with Gasteiger partial charge in [0.25, 0.3) is 15.0 Å². The highest BCUT2D eigenvalue weighted by Crippen LogP contribution is 2.38. The van der Waals surface area contributed by atoms with Crippen molar-refractivity contribution in [1.29, 1.82) is 0 Å². The van der Waals surface area contributed by atoms with Crippen LogP contribution in [0.1, 0.15) is 23.2 Å². The van der Waals surface area contributed by atoms with Crippen molar-refractivity contribution in [2.75, 3.05) is 0 Å². The summed E-state index contributed by atoms with van der Waals surface area (Å²) in [5, 5.41) is 2.11. The van der Waals surface area contributed by atoms with Gasteiger partial charge in [0.2, 0.25) is 0 Å². The number of nitrogens with one attached hydrogen (secondary N) is 1. The predicted octanol–water partition coefficient (Wildman–Crippen LogP) is 3.47. The normalized spacial score (nSPS) is 15.4. The zero-order valence-corrected chi connectivity index (χ0v) is 13.1. The lowest BCUT2D eigenvalue weighted by molar-refractivity contribution is 0.0951. The summed E-state index contributed by atoms with van der Waals surface area (Å²) in [6, 6.07) is 1.08. The largest absolute Gasteiger partial charge is 0.349 e. The summed E-state index contributed by atoms with van der Waals surface area (Å²) < 4.78 is 22.7. The first kappa shape index (κ1) is 15.2. The molecule has 0 unspecified atom stereocenters. The van der Waals surface area contributed by atoms with Crippen LogP contribution in [0.15, 0.2) is 11.0 Å². The molecule has 1 aromatic carbocycles. The van der Waals surface area contributed by atoms with Crippen molar-refractivity contribution in [3.8, 4) is 0 Å². The Bertz CT molecular complexity index is 655. The first-order valence-electron chi connectivity index (χ1n) is 5.15. The molecule has 0 spiro atoms. The number of benzene rings is 1. The van der Waals surface area contributed by atoms with E-state index in [-0.39, 0.29) is 26.7 Å². The molecule has 2 rings (SSSR count). The third kappa shape index (κ3) is 3.28. The van der Waals surface area contributed by atoms with E-state index in [0.29, 0.717) is 0 Å². The molecule has 1 fully saturated rings. The van der Waals surface area contributed by atoms with Gasteiger partial charge in [-0.15, -0.1) is 0 Å². The molecule has 1 amide bonds. The van der Waals surface area contributed by atoms with Gasteiger partial charge in [0, 0.05) is 16.7 Å². The molecular weight excluding hydrogens is 356 g/mol. The van der Waals surface area contributed by atoms with E-state index in [9.17, 15) is 13.2 Å². The molecule has 9 heteroatoms. The van der Waals surface area contributed by atoms with Crippen molar-refractivity contribution in [3.05, 3.63) is 26.7 Å². The van der Waals surface area contributed by atoms with Gasteiger partial charge in [-0.3, -0.25) is 4.79 Å². The van der Waals surface area contributed by atoms with Crippen molar-refractivity contribution in [2.45, 2.75) is 23.8 Å². The van der Waals surface area contributed by atoms with E-state index in [1.165, 1.54) is 0 Å². The molecule has 0 aliphatic heterocycles. The SMILES string of the molecule is O=C(NC1CC1)c1c(Cl)c(Cl)cc(S(=O)(=O)Cl)c1Cl. The van der Waals surface area contributed by atoms with Crippen LogP contribution in [0.5, 0.6) is 0 Å². The Labute approximate surface area is 129 Å². The second-order valence-corrected chi connectivity index (χ2v) is 7.74. The fourth-order valence-corrected chi connectivity index (χ4v) is 3.59. The van der Waals surface area contributed by atoms with Crippen molar-refractivity contribution in [3.63, 3.8) is 0 Å². The lowest BCUT2D eigenvalue weighted by Crippen LogP contribution is -2.26. The average molecular weight is 363 g/mol. The molecule has 19 heavy (non-hydrogen) atoms. The lowest BCUT2D eigenvalue weighted by Gasteiger charge is -2.11. The van der Waals surface area contributed by atoms with E-state index >= 15 is 0 Å². The van der Waals surface area contributed by atoms with Crippen LogP contribution in [0.4, 0.5) is 0 Å². The molecule has 0 saturated heterocycles. The molecule has 1 saturated carbocycles. The van der Waals surface area contributed by atoms with Crippen LogP contribution in [0.25, 0.3) is 0 Å². The Hall–Kier alpha value is -0.200. The summed E-state index contributed by atoms with van der Waals surface area (Å²) in [5.41, 5.74) is -0.179. The number of hydrogen-bond acceptors (Lipinski definition) is 3. The molecule has 0 bridgehead atoms. The number of rotatable bonds is 3. The molecule has 1 aliphatic carbocycles. The maximum atomic E-state index is 12.0. The molecule has 0 heterocycles. The molecule has 0 atom stereocenters. The highest BCUT2D eigenvalue weighted by molar-refractivity contribution is 8.13. The number of halogens is 4. The van der Waals surface area contributed by atoms with Gasteiger partial charge < -0.3 is 5.32 Å². The Balaban J connectivity index is 2.58. The Morgan fingerprint density at radius 1 is 1.21 bits per heavy atom. The van der Waals surface area contributed by atoms with E-state index in [0.717, 1.165) is 18.9 Å². The minimum absolute atomic E-state index is 0.0645. The van der Waals surface area contributed by atoms with Crippen molar-refractivity contribution >= 4 is 60.4 Å². The van der Waals surface area contributed by atoms with Crippen LogP contribution in [0, 0.1) is 0 Å². The summed E-state index contributed by atoms with van der Waals surface area (Å²) in [6.07, 6.45) is 1.73. The van der Waals surface area contributed by atoms with Gasteiger partial charge in [0.05, 0.1) is 20.6 Å². The van der Waals surface area contributed by atoms with E-state index in [4.69, 9.17) is 45.5 Å². The molecule has 0 radical (unpaired) electrons. The van der Waals surface area contributed by atoms with Gasteiger partial charge in [-0.1, -0.05) is 34.8 Å². The number of carbonyl (C=O) groups excluding carboxylic acids is 1.